The van der Waals surface area contributed by atoms with Crippen LogP contribution in [0.2, 0.25) is 0 Å². The molecule has 1 aliphatic rings. The van der Waals surface area contributed by atoms with Crippen LogP contribution in [-0.4, -0.2) is 51.0 Å². The third kappa shape index (κ3) is 2.96. The molecule has 6 heteroatoms. The predicted octanol–water partition coefficient (Wildman–Crippen LogP) is 1.08. The van der Waals surface area contributed by atoms with Gasteiger partial charge in [0, 0.05) is 50.3 Å². The van der Waals surface area contributed by atoms with Crippen molar-refractivity contribution >= 4 is 5.82 Å². The number of aryl methyl sites for hydroxylation is 1. The van der Waals surface area contributed by atoms with Gasteiger partial charge in [-0.15, -0.1) is 0 Å². The summed E-state index contributed by atoms with van der Waals surface area (Å²) in [6, 6.07) is 2.10. The quantitative estimate of drug-likeness (QED) is 0.902. The van der Waals surface area contributed by atoms with Crippen molar-refractivity contribution in [2.75, 3.05) is 31.1 Å². The molecule has 2 aromatic heterocycles. The van der Waals surface area contributed by atoms with Crippen LogP contribution in [0.15, 0.2) is 24.8 Å². The second-order valence-electron chi connectivity index (χ2n) is 5.02. The molecule has 2 aromatic rings. The van der Waals surface area contributed by atoms with Gasteiger partial charge >= 0.3 is 0 Å². The van der Waals surface area contributed by atoms with E-state index in [0.29, 0.717) is 0 Å². The molecule has 6 nitrogen and oxygen atoms in total. The Balaban J connectivity index is 1.57. The summed E-state index contributed by atoms with van der Waals surface area (Å²) in [7, 11) is 0. The molecule has 0 aromatic carbocycles. The van der Waals surface area contributed by atoms with Gasteiger partial charge in [0.1, 0.15) is 18.0 Å². The second kappa shape index (κ2) is 6.00. The summed E-state index contributed by atoms with van der Waals surface area (Å²) in [5, 5.41) is 0. The molecule has 0 atom stereocenters. The van der Waals surface area contributed by atoms with Crippen molar-refractivity contribution in [3.8, 4) is 0 Å². The van der Waals surface area contributed by atoms with E-state index in [-0.39, 0.29) is 0 Å². The first-order chi connectivity index (χ1) is 9.85. The molecule has 0 unspecified atom stereocenters. The lowest BCUT2D eigenvalue weighted by molar-refractivity contribution is 0.244. The summed E-state index contributed by atoms with van der Waals surface area (Å²) in [5.74, 6) is 2.09. The van der Waals surface area contributed by atoms with Gasteiger partial charge in [-0.25, -0.2) is 15.0 Å². The number of imidazole rings is 1. The molecular weight excluding hydrogens is 252 g/mol. The minimum Gasteiger partial charge on any atom is -0.354 e. The number of aromatic nitrogens is 4. The zero-order valence-corrected chi connectivity index (χ0v) is 11.8. The van der Waals surface area contributed by atoms with Crippen molar-refractivity contribution in [1.29, 1.82) is 0 Å². The van der Waals surface area contributed by atoms with E-state index in [9.17, 15) is 0 Å². The number of rotatable bonds is 4. The van der Waals surface area contributed by atoms with E-state index in [1.807, 2.05) is 6.20 Å². The third-order valence-corrected chi connectivity index (χ3v) is 3.70. The molecule has 3 heterocycles. The van der Waals surface area contributed by atoms with Crippen LogP contribution >= 0.6 is 0 Å². The number of anilines is 1. The largest absolute Gasteiger partial charge is 0.354 e. The van der Waals surface area contributed by atoms with E-state index in [1.54, 1.807) is 12.5 Å². The molecule has 3 rings (SSSR count). The first kappa shape index (κ1) is 13.1. The smallest absolute Gasteiger partial charge is 0.132 e. The highest BCUT2D eigenvalue weighted by molar-refractivity contribution is 5.39. The summed E-state index contributed by atoms with van der Waals surface area (Å²) < 4.78 is 0. The molecule has 0 bridgehead atoms. The van der Waals surface area contributed by atoms with E-state index in [1.165, 1.54) is 0 Å². The monoisotopic (exact) mass is 272 g/mol. The van der Waals surface area contributed by atoms with Crippen LogP contribution in [0.5, 0.6) is 0 Å². The van der Waals surface area contributed by atoms with Gasteiger partial charge in [-0.3, -0.25) is 4.90 Å². The topological polar surface area (TPSA) is 60.9 Å². The molecule has 0 saturated carbocycles. The second-order valence-corrected chi connectivity index (χ2v) is 5.02. The van der Waals surface area contributed by atoms with E-state index < -0.39 is 0 Å². The van der Waals surface area contributed by atoms with Crippen molar-refractivity contribution in [2.24, 2.45) is 0 Å². The Morgan fingerprint density at radius 2 is 2.00 bits per heavy atom. The van der Waals surface area contributed by atoms with Crippen molar-refractivity contribution in [2.45, 2.75) is 19.9 Å². The standard InChI is InChI=1S/C14H20N6/c1-2-12-9-14(18-11-17-12)20-7-5-19(6-8-20)10-13-15-3-4-16-13/h3-4,9,11H,2,5-8,10H2,1H3,(H,15,16). The van der Waals surface area contributed by atoms with Crippen LogP contribution in [0.4, 0.5) is 5.82 Å². The minimum absolute atomic E-state index is 0.894. The van der Waals surface area contributed by atoms with Crippen LogP contribution in [0.25, 0.3) is 0 Å². The minimum atomic E-state index is 0.894. The number of nitrogens with one attached hydrogen (secondary N) is 1. The molecule has 1 aliphatic heterocycles. The summed E-state index contributed by atoms with van der Waals surface area (Å²) in [6.45, 7) is 7.08. The van der Waals surface area contributed by atoms with E-state index >= 15 is 0 Å². The first-order valence-electron chi connectivity index (χ1n) is 7.11. The Bertz CT molecular complexity index is 530. The maximum Gasteiger partial charge on any atom is 0.132 e. The number of H-pyrrole nitrogens is 1. The number of nitrogens with zero attached hydrogens (tertiary/aromatic N) is 5. The number of hydrogen-bond acceptors (Lipinski definition) is 5. The van der Waals surface area contributed by atoms with Crippen LogP contribution in [0.1, 0.15) is 18.4 Å². The molecule has 1 N–H and O–H groups in total. The summed E-state index contributed by atoms with van der Waals surface area (Å²) in [5.41, 5.74) is 1.10. The lowest BCUT2D eigenvalue weighted by Gasteiger charge is -2.35. The Hall–Kier alpha value is -1.95. The highest BCUT2D eigenvalue weighted by Gasteiger charge is 2.18. The normalized spacial score (nSPS) is 16.6. The van der Waals surface area contributed by atoms with Gasteiger partial charge in [-0.05, 0) is 6.42 Å². The molecule has 0 radical (unpaired) electrons. The lowest BCUT2D eigenvalue weighted by atomic mass is 10.2. The van der Waals surface area contributed by atoms with Gasteiger partial charge in [-0.2, -0.15) is 0 Å². The highest BCUT2D eigenvalue weighted by atomic mass is 15.3. The molecule has 0 amide bonds. The van der Waals surface area contributed by atoms with Gasteiger partial charge in [0.05, 0.1) is 6.54 Å². The number of hydrogen-bond donors (Lipinski definition) is 1. The Labute approximate surface area is 118 Å². The highest BCUT2D eigenvalue weighted by Crippen LogP contribution is 2.14. The van der Waals surface area contributed by atoms with Gasteiger partial charge in [0.25, 0.3) is 0 Å². The van der Waals surface area contributed by atoms with E-state index in [4.69, 9.17) is 0 Å². The van der Waals surface area contributed by atoms with Gasteiger partial charge in [-0.1, -0.05) is 6.92 Å². The van der Waals surface area contributed by atoms with E-state index in [0.717, 1.165) is 56.5 Å². The van der Waals surface area contributed by atoms with Crippen molar-refractivity contribution < 1.29 is 0 Å². The zero-order valence-electron chi connectivity index (χ0n) is 11.8. The van der Waals surface area contributed by atoms with Crippen LogP contribution in [-0.2, 0) is 13.0 Å². The Morgan fingerprint density at radius 1 is 1.15 bits per heavy atom. The van der Waals surface area contributed by atoms with Gasteiger partial charge < -0.3 is 9.88 Å². The molecule has 20 heavy (non-hydrogen) atoms. The van der Waals surface area contributed by atoms with Crippen molar-refractivity contribution in [1.82, 2.24) is 24.8 Å². The van der Waals surface area contributed by atoms with Crippen molar-refractivity contribution in [3.63, 3.8) is 0 Å². The van der Waals surface area contributed by atoms with E-state index in [2.05, 4.69) is 42.7 Å². The number of aromatic amines is 1. The van der Waals surface area contributed by atoms with Gasteiger partial charge in [0.2, 0.25) is 0 Å². The Morgan fingerprint density at radius 3 is 2.70 bits per heavy atom. The average molecular weight is 272 g/mol. The van der Waals surface area contributed by atoms with Crippen LogP contribution in [0, 0.1) is 0 Å². The third-order valence-electron chi connectivity index (χ3n) is 3.70. The zero-order chi connectivity index (χ0) is 13.8. The first-order valence-corrected chi connectivity index (χ1v) is 7.11. The molecule has 106 valence electrons. The molecule has 1 fully saturated rings. The predicted molar refractivity (Wildman–Crippen MR) is 77.5 cm³/mol. The molecular formula is C14H20N6. The van der Waals surface area contributed by atoms with Crippen LogP contribution < -0.4 is 4.90 Å². The molecule has 0 aliphatic carbocycles. The lowest BCUT2D eigenvalue weighted by Crippen LogP contribution is -2.46. The molecule has 1 saturated heterocycles. The van der Waals surface area contributed by atoms with Gasteiger partial charge in [0.15, 0.2) is 0 Å². The summed E-state index contributed by atoms with van der Waals surface area (Å²) in [6.07, 6.45) is 6.30. The maximum atomic E-state index is 4.39. The Kier molecular flexibility index (Phi) is 3.92. The maximum absolute atomic E-state index is 4.39. The fourth-order valence-corrected chi connectivity index (χ4v) is 2.48. The molecule has 0 spiro atoms. The summed E-state index contributed by atoms with van der Waals surface area (Å²) in [4.78, 5) is 20.8. The SMILES string of the molecule is CCc1cc(N2CCN(Cc3ncc[nH]3)CC2)ncn1. The number of piperazine rings is 1. The fourth-order valence-electron chi connectivity index (χ4n) is 2.48. The van der Waals surface area contributed by atoms with Crippen molar-refractivity contribution in [3.05, 3.63) is 36.3 Å². The van der Waals surface area contributed by atoms with Crippen LogP contribution in [0.3, 0.4) is 0 Å². The summed E-state index contributed by atoms with van der Waals surface area (Å²) >= 11 is 0. The average Bonchev–Trinajstić information content (AvgIpc) is 3.01. The fraction of sp³-hybridized carbons (Fsp3) is 0.500.